The molecule has 0 saturated carbocycles. The molecule has 0 saturated heterocycles. The summed E-state index contributed by atoms with van der Waals surface area (Å²) in [6.45, 7) is 0. The molecule has 0 spiro atoms. The van der Waals surface area contributed by atoms with Gasteiger partial charge in [0.2, 0.25) is 0 Å². The molecule has 102 valence electrons. The number of hydrogen-bond acceptors (Lipinski definition) is 1. The molecule has 0 N–H and O–H groups in total. The summed E-state index contributed by atoms with van der Waals surface area (Å²) in [6, 6.07) is 23.4. The van der Waals surface area contributed by atoms with Gasteiger partial charge in [0.05, 0.1) is 22.1 Å². The van der Waals surface area contributed by atoms with Crippen molar-refractivity contribution in [1.29, 1.82) is 0 Å². The lowest BCUT2D eigenvalue weighted by Crippen LogP contribution is -1.83. The van der Waals surface area contributed by atoms with Gasteiger partial charge in [-0.05, 0) is 24.3 Å². The number of pyridine rings is 1. The molecule has 3 heteroatoms. The summed E-state index contributed by atoms with van der Waals surface area (Å²) >= 11 is 0. The van der Waals surface area contributed by atoms with E-state index in [-0.39, 0.29) is 0 Å². The zero-order valence-corrected chi connectivity index (χ0v) is 11.7. The Morgan fingerprint density at radius 3 is 2.27 bits per heavy atom. The van der Waals surface area contributed by atoms with Crippen LogP contribution in [-0.2, 0) is 0 Å². The van der Waals surface area contributed by atoms with Crippen LogP contribution in [0.25, 0.3) is 44.1 Å². The molecular weight excluding hydrogens is 270 g/mol. The van der Waals surface area contributed by atoms with Crippen LogP contribution in [0.5, 0.6) is 0 Å². The van der Waals surface area contributed by atoms with Crippen molar-refractivity contribution in [3.05, 3.63) is 66.7 Å². The maximum Gasteiger partial charge on any atom is 0.164 e. The van der Waals surface area contributed by atoms with Crippen LogP contribution in [0.15, 0.2) is 66.7 Å². The number of nitrogens with zero attached hydrogens (tertiary/aromatic N) is 3. The summed E-state index contributed by atoms with van der Waals surface area (Å²) in [7, 11) is 0. The minimum Gasteiger partial charge on any atom is -0.291 e. The predicted octanol–water partition coefficient (Wildman–Crippen LogP) is 4.48. The van der Waals surface area contributed by atoms with Gasteiger partial charge in [0.25, 0.3) is 0 Å². The van der Waals surface area contributed by atoms with Crippen molar-refractivity contribution in [2.45, 2.75) is 0 Å². The highest BCUT2D eigenvalue weighted by molar-refractivity contribution is 6.12. The fourth-order valence-corrected chi connectivity index (χ4v) is 3.78. The largest absolute Gasteiger partial charge is 0.291 e. The summed E-state index contributed by atoms with van der Waals surface area (Å²) in [5.74, 6) is 0. The summed E-state index contributed by atoms with van der Waals surface area (Å²) in [5, 5.41) is 2.57. The van der Waals surface area contributed by atoms with Gasteiger partial charge in [0.15, 0.2) is 5.65 Å². The second-order valence-electron chi connectivity index (χ2n) is 5.76. The fourth-order valence-electron chi connectivity index (χ4n) is 3.78. The molecule has 2 aromatic carbocycles. The maximum absolute atomic E-state index is 4.85. The summed E-state index contributed by atoms with van der Waals surface area (Å²) in [5.41, 5.74) is 6.87. The summed E-state index contributed by atoms with van der Waals surface area (Å²) < 4.78 is 4.62. The Balaban J connectivity index is 2.12. The Morgan fingerprint density at radius 1 is 0.591 bits per heavy atom. The molecule has 0 aliphatic heterocycles. The van der Waals surface area contributed by atoms with Crippen molar-refractivity contribution in [3.63, 3.8) is 0 Å². The Kier molecular flexibility index (Phi) is 1.64. The van der Waals surface area contributed by atoms with Gasteiger partial charge in [-0.1, -0.05) is 42.5 Å². The zero-order valence-electron chi connectivity index (χ0n) is 11.7. The molecule has 0 amide bonds. The molecule has 6 aromatic rings. The van der Waals surface area contributed by atoms with E-state index >= 15 is 0 Å². The van der Waals surface area contributed by atoms with Crippen LogP contribution in [0, 0.1) is 0 Å². The average Bonchev–Trinajstić information content (AvgIpc) is 3.19. The van der Waals surface area contributed by atoms with E-state index in [1.807, 2.05) is 6.07 Å². The molecule has 0 radical (unpaired) electrons. The van der Waals surface area contributed by atoms with Crippen LogP contribution in [0.3, 0.4) is 0 Å². The standard InChI is InChI=1S/C19H11N3/c1-2-7-13-12(6-1)15-10-5-11-17-18-20-14-8-3-4-9-16(14)22(18)19(13)21(15)17/h1-11H. The molecule has 0 aliphatic rings. The third-order valence-electron chi connectivity index (χ3n) is 4.65. The normalized spacial score (nSPS) is 12.5. The molecular formula is C19H11N3. The predicted molar refractivity (Wildman–Crippen MR) is 89.9 cm³/mol. The highest BCUT2D eigenvalue weighted by Crippen LogP contribution is 2.35. The molecule has 0 atom stereocenters. The Bertz CT molecular complexity index is 1320. The summed E-state index contributed by atoms with van der Waals surface area (Å²) in [6.07, 6.45) is 0. The molecule has 22 heavy (non-hydrogen) atoms. The van der Waals surface area contributed by atoms with E-state index in [1.54, 1.807) is 0 Å². The lowest BCUT2D eigenvalue weighted by Gasteiger charge is -1.94. The number of aromatic nitrogens is 3. The average molecular weight is 281 g/mol. The van der Waals surface area contributed by atoms with Gasteiger partial charge in [-0.2, -0.15) is 0 Å². The quantitative estimate of drug-likeness (QED) is 0.402. The second kappa shape index (κ2) is 3.39. The zero-order chi connectivity index (χ0) is 14.3. The number of hydrogen-bond donors (Lipinski definition) is 0. The molecule has 4 heterocycles. The lowest BCUT2D eigenvalue weighted by atomic mass is 10.2. The van der Waals surface area contributed by atoms with Crippen molar-refractivity contribution < 1.29 is 0 Å². The van der Waals surface area contributed by atoms with Crippen LogP contribution in [-0.4, -0.2) is 13.8 Å². The van der Waals surface area contributed by atoms with Crippen molar-refractivity contribution in [3.8, 4) is 0 Å². The maximum atomic E-state index is 4.85. The lowest BCUT2D eigenvalue weighted by molar-refractivity contribution is 1.27. The molecule has 0 aliphatic carbocycles. The SMILES string of the molecule is c1ccc2c(c1)nc1c3cccc4c5ccccc5c(n43)n21. The minimum atomic E-state index is 1.03. The number of rotatable bonds is 0. The van der Waals surface area contributed by atoms with Crippen LogP contribution in [0.2, 0.25) is 0 Å². The van der Waals surface area contributed by atoms with Gasteiger partial charge >= 0.3 is 0 Å². The van der Waals surface area contributed by atoms with Gasteiger partial charge in [0, 0.05) is 10.8 Å². The molecule has 3 nitrogen and oxygen atoms in total. The third-order valence-corrected chi connectivity index (χ3v) is 4.65. The van der Waals surface area contributed by atoms with Crippen molar-refractivity contribution in [2.75, 3.05) is 0 Å². The number of para-hydroxylation sites is 2. The highest BCUT2D eigenvalue weighted by atomic mass is 15.2. The first kappa shape index (κ1) is 10.6. The van der Waals surface area contributed by atoms with Gasteiger partial charge in [-0.25, -0.2) is 4.98 Å². The van der Waals surface area contributed by atoms with E-state index in [0.29, 0.717) is 0 Å². The number of benzene rings is 2. The number of imidazole rings is 2. The molecule has 0 bridgehead atoms. The first-order valence-corrected chi connectivity index (χ1v) is 7.44. The van der Waals surface area contributed by atoms with Crippen molar-refractivity contribution in [2.24, 2.45) is 0 Å². The minimum absolute atomic E-state index is 1.03. The van der Waals surface area contributed by atoms with Crippen LogP contribution < -0.4 is 0 Å². The van der Waals surface area contributed by atoms with Gasteiger partial charge in [0.1, 0.15) is 5.65 Å². The van der Waals surface area contributed by atoms with Crippen LogP contribution in [0.4, 0.5) is 0 Å². The Labute approximate surface area is 125 Å². The summed E-state index contributed by atoms with van der Waals surface area (Å²) in [4.78, 5) is 4.85. The van der Waals surface area contributed by atoms with Crippen LogP contribution >= 0.6 is 0 Å². The molecule has 4 aromatic heterocycles. The fraction of sp³-hybridized carbons (Fsp3) is 0. The van der Waals surface area contributed by atoms with Gasteiger partial charge in [-0.3, -0.25) is 8.80 Å². The smallest absolute Gasteiger partial charge is 0.164 e. The number of fused-ring (bicyclic) bond motifs is 8. The molecule has 6 rings (SSSR count). The van der Waals surface area contributed by atoms with Crippen LogP contribution in [0.1, 0.15) is 0 Å². The van der Waals surface area contributed by atoms with Crippen molar-refractivity contribution in [1.82, 2.24) is 13.8 Å². The van der Waals surface area contributed by atoms with E-state index in [2.05, 4.69) is 69.5 Å². The monoisotopic (exact) mass is 281 g/mol. The molecule has 0 unspecified atom stereocenters. The third kappa shape index (κ3) is 1.02. The first-order chi connectivity index (χ1) is 10.9. The first-order valence-electron chi connectivity index (χ1n) is 7.44. The highest BCUT2D eigenvalue weighted by Gasteiger charge is 2.19. The van der Waals surface area contributed by atoms with E-state index in [0.717, 1.165) is 11.2 Å². The van der Waals surface area contributed by atoms with E-state index < -0.39 is 0 Å². The van der Waals surface area contributed by atoms with E-state index in [1.165, 1.54) is 33.0 Å². The van der Waals surface area contributed by atoms with Crippen molar-refractivity contribution >= 4 is 44.1 Å². The second-order valence-corrected chi connectivity index (χ2v) is 5.76. The van der Waals surface area contributed by atoms with E-state index in [9.17, 15) is 0 Å². The van der Waals surface area contributed by atoms with E-state index in [4.69, 9.17) is 4.98 Å². The van der Waals surface area contributed by atoms with Gasteiger partial charge < -0.3 is 0 Å². The molecule has 0 fully saturated rings. The Hall–Kier alpha value is -3.07. The Morgan fingerprint density at radius 2 is 1.32 bits per heavy atom. The van der Waals surface area contributed by atoms with Gasteiger partial charge in [-0.15, -0.1) is 0 Å². The topological polar surface area (TPSA) is 21.7 Å².